The highest BCUT2D eigenvalue weighted by Crippen LogP contribution is 2.32. The molecule has 1 aliphatic rings. The second-order valence-electron chi connectivity index (χ2n) is 6.76. The normalized spacial score (nSPS) is 15.9. The first kappa shape index (κ1) is 19.7. The number of amides is 1. The van der Waals surface area contributed by atoms with Crippen LogP contribution in [0.25, 0.3) is 0 Å². The topological polar surface area (TPSA) is 92.3 Å². The third-order valence-electron chi connectivity index (χ3n) is 4.85. The van der Waals surface area contributed by atoms with Crippen molar-refractivity contribution in [1.82, 2.24) is 14.5 Å². The van der Waals surface area contributed by atoms with Gasteiger partial charge < -0.3 is 5.32 Å². The fourth-order valence-corrected chi connectivity index (χ4v) is 5.68. The molecule has 0 unspecified atom stereocenters. The summed E-state index contributed by atoms with van der Waals surface area (Å²) in [7, 11) is -3.47. The zero-order valence-corrected chi connectivity index (χ0v) is 17.2. The van der Waals surface area contributed by atoms with Gasteiger partial charge in [-0.15, -0.1) is 10.2 Å². The number of rotatable bonds is 5. The number of carbonyl (C=O) groups is 1. The van der Waals surface area contributed by atoms with Crippen LogP contribution in [0.4, 0.5) is 5.69 Å². The minimum absolute atomic E-state index is 0.105. The van der Waals surface area contributed by atoms with Gasteiger partial charge in [-0.25, -0.2) is 8.42 Å². The number of hydrogen-bond acceptors (Lipinski definition) is 6. The Bertz CT molecular complexity index is 1080. The Labute approximate surface area is 173 Å². The molecule has 0 spiro atoms. The molecule has 1 fully saturated rings. The van der Waals surface area contributed by atoms with Crippen LogP contribution in [0.15, 0.2) is 65.6 Å². The summed E-state index contributed by atoms with van der Waals surface area (Å²) >= 11 is 1.27. The molecule has 1 amide bonds. The van der Waals surface area contributed by atoms with Crippen molar-refractivity contribution < 1.29 is 13.2 Å². The molecule has 2 heterocycles. The molecule has 7 nitrogen and oxygen atoms in total. The first-order valence-electron chi connectivity index (χ1n) is 9.29. The molecular formula is C20H20N4O3S2. The van der Waals surface area contributed by atoms with Gasteiger partial charge >= 0.3 is 0 Å². The molecule has 150 valence electrons. The molecule has 29 heavy (non-hydrogen) atoms. The van der Waals surface area contributed by atoms with Gasteiger partial charge in [-0.1, -0.05) is 47.7 Å². The molecule has 3 aromatic rings. The van der Waals surface area contributed by atoms with Crippen molar-refractivity contribution in [1.29, 1.82) is 0 Å². The van der Waals surface area contributed by atoms with E-state index in [1.54, 1.807) is 30.3 Å². The average molecular weight is 429 g/mol. The lowest BCUT2D eigenvalue weighted by Crippen LogP contribution is -2.37. The Morgan fingerprint density at radius 2 is 1.59 bits per heavy atom. The highest BCUT2D eigenvalue weighted by atomic mass is 32.2. The Morgan fingerprint density at radius 1 is 0.966 bits per heavy atom. The lowest BCUT2D eigenvalue weighted by atomic mass is 9.99. The maximum atomic E-state index is 12.7. The summed E-state index contributed by atoms with van der Waals surface area (Å²) in [6.45, 7) is 0.847. The van der Waals surface area contributed by atoms with Gasteiger partial charge in [0.15, 0.2) is 0 Å². The summed E-state index contributed by atoms with van der Waals surface area (Å²) in [5, 5.41) is 12.1. The maximum absolute atomic E-state index is 12.7. The molecule has 1 aromatic heterocycles. The standard InChI is InChI=1S/C20H20N4O3S2/c25-18(21-16-7-3-1-4-8-16)20-23-22-19(28-20)15-11-13-24(14-12-15)29(26,27)17-9-5-2-6-10-17/h1-10,15H,11-14H2,(H,21,25). The Kier molecular flexibility index (Phi) is 5.70. The van der Waals surface area contributed by atoms with Crippen molar-refractivity contribution in [2.75, 3.05) is 18.4 Å². The number of carbonyl (C=O) groups excluding carboxylic acids is 1. The second kappa shape index (κ2) is 8.40. The highest BCUT2D eigenvalue weighted by molar-refractivity contribution is 7.89. The van der Waals surface area contributed by atoms with Gasteiger partial charge in [-0.05, 0) is 37.1 Å². The van der Waals surface area contributed by atoms with Crippen molar-refractivity contribution in [3.8, 4) is 0 Å². The van der Waals surface area contributed by atoms with Crippen LogP contribution in [0.2, 0.25) is 0 Å². The van der Waals surface area contributed by atoms with Crippen molar-refractivity contribution in [3.05, 3.63) is 70.7 Å². The van der Waals surface area contributed by atoms with Crippen LogP contribution in [0.5, 0.6) is 0 Å². The molecule has 9 heteroatoms. The monoisotopic (exact) mass is 428 g/mol. The van der Waals surface area contributed by atoms with E-state index >= 15 is 0 Å². The number of nitrogens with zero attached hydrogens (tertiary/aromatic N) is 3. The van der Waals surface area contributed by atoms with E-state index in [2.05, 4.69) is 15.5 Å². The van der Waals surface area contributed by atoms with E-state index in [9.17, 15) is 13.2 Å². The Hall–Kier alpha value is -2.62. The number of anilines is 1. The van der Waals surface area contributed by atoms with Crippen LogP contribution < -0.4 is 5.32 Å². The predicted octanol–water partition coefficient (Wildman–Crippen LogP) is 3.36. The molecule has 4 rings (SSSR count). The molecule has 0 radical (unpaired) electrons. The number of para-hydroxylation sites is 1. The number of aromatic nitrogens is 2. The summed E-state index contributed by atoms with van der Waals surface area (Å²) in [5.74, 6) is -0.183. The number of sulfonamides is 1. The second-order valence-corrected chi connectivity index (χ2v) is 9.70. The van der Waals surface area contributed by atoms with Gasteiger partial charge in [0.2, 0.25) is 15.0 Å². The average Bonchev–Trinajstić information content (AvgIpc) is 3.26. The van der Waals surface area contributed by atoms with Gasteiger partial charge in [-0.2, -0.15) is 4.31 Å². The summed E-state index contributed by atoms with van der Waals surface area (Å²) in [6, 6.07) is 17.7. The molecule has 0 bridgehead atoms. The molecule has 0 atom stereocenters. The molecule has 1 saturated heterocycles. The fourth-order valence-electron chi connectivity index (χ4n) is 3.28. The summed E-state index contributed by atoms with van der Waals surface area (Å²) in [6.07, 6.45) is 1.31. The van der Waals surface area contributed by atoms with E-state index in [4.69, 9.17) is 0 Å². The minimum Gasteiger partial charge on any atom is -0.320 e. The van der Waals surface area contributed by atoms with Gasteiger partial charge in [0.25, 0.3) is 5.91 Å². The molecule has 0 aliphatic carbocycles. The van der Waals surface area contributed by atoms with E-state index in [0.717, 1.165) is 5.01 Å². The fraction of sp³-hybridized carbons (Fsp3) is 0.250. The van der Waals surface area contributed by atoms with Crippen molar-refractivity contribution in [2.24, 2.45) is 0 Å². The zero-order chi connectivity index (χ0) is 20.3. The maximum Gasteiger partial charge on any atom is 0.286 e. The van der Waals surface area contributed by atoms with Gasteiger partial charge in [0.05, 0.1) is 4.90 Å². The molecule has 2 aromatic carbocycles. The van der Waals surface area contributed by atoms with Gasteiger partial charge in [0.1, 0.15) is 5.01 Å². The number of hydrogen-bond donors (Lipinski definition) is 1. The molecule has 1 aliphatic heterocycles. The predicted molar refractivity (Wildman–Crippen MR) is 111 cm³/mol. The Morgan fingerprint density at radius 3 is 2.24 bits per heavy atom. The van der Waals surface area contributed by atoms with E-state index < -0.39 is 10.0 Å². The SMILES string of the molecule is O=C(Nc1ccccc1)c1nnc(C2CCN(S(=O)(=O)c3ccccc3)CC2)s1. The highest BCUT2D eigenvalue weighted by Gasteiger charge is 2.31. The van der Waals surface area contributed by atoms with E-state index in [1.807, 2.05) is 30.3 Å². The van der Waals surface area contributed by atoms with Gasteiger partial charge in [-0.3, -0.25) is 4.79 Å². The summed E-state index contributed by atoms with van der Waals surface area (Å²) in [4.78, 5) is 12.7. The summed E-state index contributed by atoms with van der Waals surface area (Å²) in [5.41, 5.74) is 0.702. The van der Waals surface area contributed by atoms with E-state index in [1.165, 1.54) is 15.6 Å². The molecule has 1 N–H and O–H groups in total. The number of piperidine rings is 1. The first-order chi connectivity index (χ1) is 14.0. The lowest BCUT2D eigenvalue weighted by Gasteiger charge is -2.30. The zero-order valence-electron chi connectivity index (χ0n) is 15.6. The van der Waals surface area contributed by atoms with Crippen molar-refractivity contribution in [3.63, 3.8) is 0 Å². The lowest BCUT2D eigenvalue weighted by molar-refractivity contribution is 0.102. The minimum atomic E-state index is -3.47. The smallest absolute Gasteiger partial charge is 0.286 e. The summed E-state index contributed by atoms with van der Waals surface area (Å²) < 4.78 is 27.0. The third-order valence-corrected chi connectivity index (χ3v) is 7.85. The Balaban J connectivity index is 1.39. The van der Waals surface area contributed by atoms with Crippen LogP contribution in [0.3, 0.4) is 0 Å². The molecule has 0 saturated carbocycles. The van der Waals surface area contributed by atoms with Crippen LogP contribution in [0, 0.1) is 0 Å². The number of nitrogens with one attached hydrogen (secondary N) is 1. The van der Waals surface area contributed by atoms with Crippen molar-refractivity contribution in [2.45, 2.75) is 23.7 Å². The quantitative estimate of drug-likeness (QED) is 0.673. The van der Waals surface area contributed by atoms with Crippen LogP contribution >= 0.6 is 11.3 Å². The van der Waals surface area contributed by atoms with Crippen LogP contribution in [-0.4, -0.2) is 41.9 Å². The largest absolute Gasteiger partial charge is 0.320 e. The van der Waals surface area contributed by atoms with E-state index in [0.29, 0.717) is 41.5 Å². The van der Waals surface area contributed by atoms with Crippen LogP contribution in [0.1, 0.15) is 33.6 Å². The first-order valence-corrected chi connectivity index (χ1v) is 11.5. The van der Waals surface area contributed by atoms with Crippen LogP contribution in [-0.2, 0) is 10.0 Å². The third kappa shape index (κ3) is 4.36. The van der Waals surface area contributed by atoms with Crippen molar-refractivity contribution >= 4 is 33.0 Å². The van der Waals surface area contributed by atoms with E-state index in [-0.39, 0.29) is 11.8 Å². The van der Waals surface area contributed by atoms with Gasteiger partial charge in [0, 0.05) is 24.7 Å². The molecular weight excluding hydrogens is 408 g/mol. The number of benzene rings is 2.